The number of carbonyl (C=O) groups excluding carboxylic acids is 2. The summed E-state index contributed by atoms with van der Waals surface area (Å²) >= 11 is 0. The van der Waals surface area contributed by atoms with Gasteiger partial charge in [-0.2, -0.15) is 4.31 Å². The van der Waals surface area contributed by atoms with Gasteiger partial charge in [0.05, 0.1) is 42.0 Å². The van der Waals surface area contributed by atoms with Gasteiger partial charge in [0.2, 0.25) is 10.0 Å². The molecule has 0 radical (unpaired) electrons. The molecule has 4 rings (SSSR count). The molecule has 3 aromatic rings. The van der Waals surface area contributed by atoms with Crippen molar-refractivity contribution in [1.29, 1.82) is 0 Å². The Labute approximate surface area is 209 Å². The van der Waals surface area contributed by atoms with Crippen LogP contribution in [-0.4, -0.2) is 62.9 Å². The first-order valence-corrected chi connectivity index (χ1v) is 12.7. The van der Waals surface area contributed by atoms with E-state index in [4.69, 9.17) is 9.47 Å². The third-order valence-corrected chi connectivity index (χ3v) is 7.51. The Bertz CT molecular complexity index is 1340. The van der Waals surface area contributed by atoms with Crippen LogP contribution in [0.15, 0.2) is 71.9 Å². The van der Waals surface area contributed by atoms with Gasteiger partial charge in [-0.25, -0.2) is 8.42 Å². The number of hydrogen-bond acceptors (Lipinski definition) is 7. The van der Waals surface area contributed by atoms with Crippen LogP contribution in [0.4, 0.5) is 5.69 Å². The molecule has 0 spiro atoms. The van der Waals surface area contributed by atoms with Crippen LogP contribution in [0.1, 0.15) is 26.3 Å². The highest BCUT2D eigenvalue weighted by atomic mass is 32.2. The van der Waals surface area contributed by atoms with E-state index in [0.29, 0.717) is 13.2 Å². The normalized spacial score (nSPS) is 14.1. The van der Waals surface area contributed by atoms with Crippen molar-refractivity contribution in [3.8, 4) is 5.75 Å². The zero-order valence-electron chi connectivity index (χ0n) is 19.6. The Morgan fingerprint density at radius 2 is 1.81 bits per heavy atom. The molecule has 0 saturated carbocycles. The van der Waals surface area contributed by atoms with Crippen molar-refractivity contribution in [1.82, 2.24) is 14.6 Å². The summed E-state index contributed by atoms with van der Waals surface area (Å²) in [5, 5.41) is 5.52. The zero-order chi connectivity index (χ0) is 25.5. The van der Waals surface area contributed by atoms with Gasteiger partial charge < -0.3 is 20.1 Å². The number of methoxy groups -OCH3 is 1. The molecule has 1 aliphatic rings. The number of hydrogen-bond donors (Lipinski definition) is 2. The second kappa shape index (κ2) is 11.3. The van der Waals surface area contributed by atoms with E-state index in [-0.39, 0.29) is 53.0 Å². The van der Waals surface area contributed by atoms with Crippen molar-refractivity contribution in [2.45, 2.75) is 11.4 Å². The highest BCUT2D eigenvalue weighted by Crippen LogP contribution is 2.27. The molecule has 2 N–H and O–H groups in total. The summed E-state index contributed by atoms with van der Waals surface area (Å²) in [6.07, 6.45) is 3.30. The monoisotopic (exact) mass is 510 g/mol. The Hall–Kier alpha value is -3.80. The Morgan fingerprint density at radius 3 is 2.53 bits per heavy atom. The molecule has 2 aromatic carbocycles. The van der Waals surface area contributed by atoms with Gasteiger partial charge in [0, 0.05) is 32.0 Å². The maximum absolute atomic E-state index is 13.2. The molecule has 2 amide bonds. The SMILES string of the molecule is COc1ccc(S(=O)(=O)N2CCOCC2)cc1C(=O)Nc1ccccc1C(=O)NCc1cccnc1. The van der Waals surface area contributed by atoms with Gasteiger partial charge in [-0.15, -0.1) is 0 Å². The molecule has 1 saturated heterocycles. The number of nitrogens with zero attached hydrogens (tertiary/aromatic N) is 2. The average molecular weight is 511 g/mol. The molecule has 188 valence electrons. The predicted octanol–water partition coefficient (Wildman–Crippen LogP) is 2.29. The number of amides is 2. The van der Waals surface area contributed by atoms with E-state index >= 15 is 0 Å². The maximum Gasteiger partial charge on any atom is 0.259 e. The number of pyridine rings is 1. The molecule has 0 bridgehead atoms. The van der Waals surface area contributed by atoms with E-state index in [0.717, 1.165) is 5.56 Å². The number of rotatable bonds is 8. The first-order valence-electron chi connectivity index (χ1n) is 11.2. The molecule has 1 aromatic heterocycles. The summed E-state index contributed by atoms with van der Waals surface area (Å²) in [4.78, 5) is 30.1. The average Bonchev–Trinajstić information content (AvgIpc) is 2.92. The van der Waals surface area contributed by atoms with Crippen molar-refractivity contribution >= 4 is 27.5 Å². The number of carbonyl (C=O) groups is 2. The minimum absolute atomic E-state index is 0.0254. The first kappa shape index (κ1) is 25.3. The molecular weight excluding hydrogens is 484 g/mol. The van der Waals surface area contributed by atoms with Gasteiger partial charge in [0.15, 0.2) is 0 Å². The van der Waals surface area contributed by atoms with E-state index in [9.17, 15) is 18.0 Å². The second-order valence-corrected chi connectivity index (χ2v) is 9.86. The predicted molar refractivity (Wildman–Crippen MR) is 132 cm³/mol. The van der Waals surface area contributed by atoms with Gasteiger partial charge in [0.25, 0.3) is 11.8 Å². The number of para-hydroxylation sites is 1. The zero-order valence-corrected chi connectivity index (χ0v) is 20.5. The molecule has 0 atom stereocenters. The van der Waals surface area contributed by atoms with E-state index in [2.05, 4.69) is 15.6 Å². The largest absolute Gasteiger partial charge is 0.496 e. The summed E-state index contributed by atoms with van der Waals surface area (Å²) < 4.78 is 38.1. The lowest BCUT2D eigenvalue weighted by molar-refractivity contribution is 0.0730. The number of anilines is 1. The van der Waals surface area contributed by atoms with Gasteiger partial charge in [-0.1, -0.05) is 18.2 Å². The van der Waals surface area contributed by atoms with Crippen molar-refractivity contribution in [3.63, 3.8) is 0 Å². The number of nitrogens with one attached hydrogen (secondary N) is 2. The molecule has 1 aliphatic heterocycles. The number of sulfonamides is 1. The maximum atomic E-state index is 13.2. The summed E-state index contributed by atoms with van der Waals surface area (Å²) in [5.41, 5.74) is 1.38. The number of aromatic nitrogens is 1. The highest BCUT2D eigenvalue weighted by molar-refractivity contribution is 7.89. The van der Waals surface area contributed by atoms with Crippen LogP contribution in [0.25, 0.3) is 0 Å². The summed E-state index contributed by atoms with van der Waals surface area (Å²) in [6, 6.07) is 14.3. The molecule has 11 heteroatoms. The molecule has 10 nitrogen and oxygen atoms in total. The minimum Gasteiger partial charge on any atom is -0.496 e. The fourth-order valence-corrected chi connectivity index (χ4v) is 5.16. The van der Waals surface area contributed by atoms with Crippen LogP contribution in [-0.2, 0) is 21.3 Å². The van der Waals surface area contributed by atoms with Gasteiger partial charge in [-0.3, -0.25) is 14.6 Å². The van der Waals surface area contributed by atoms with Crippen molar-refractivity contribution in [2.75, 3.05) is 38.7 Å². The summed E-state index contributed by atoms with van der Waals surface area (Å²) in [6.45, 7) is 1.35. The van der Waals surface area contributed by atoms with Crippen LogP contribution in [0, 0.1) is 0 Å². The Kier molecular flexibility index (Phi) is 7.93. The Balaban J connectivity index is 1.56. The van der Waals surface area contributed by atoms with Crippen LogP contribution in [0.3, 0.4) is 0 Å². The van der Waals surface area contributed by atoms with Gasteiger partial charge in [-0.05, 0) is 42.0 Å². The summed E-state index contributed by atoms with van der Waals surface area (Å²) in [5.74, 6) is -0.796. The van der Waals surface area contributed by atoms with Gasteiger partial charge in [0.1, 0.15) is 5.75 Å². The van der Waals surface area contributed by atoms with E-state index in [1.807, 2.05) is 6.07 Å². The second-order valence-electron chi connectivity index (χ2n) is 7.92. The quantitative estimate of drug-likeness (QED) is 0.476. The van der Waals surface area contributed by atoms with Crippen LogP contribution in [0.5, 0.6) is 5.75 Å². The van der Waals surface area contributed by atoms with E-state index in [1.165, 1.54) is 29.6 Å². The smallest absolute Gasteiger partial charge is 0.259 e. The molecular formula is C25H26N4O6S. The number of benzene rings is 2. The Morgan fingerprint density at radius 1 is 1.03 bits per heavy atom. The van der Waals surface area contributed by atoms with Crippen molar-refractivity contribution in [3.05, 3.63) is 83.7 Å². The third kappa shape index (κ3) is 5.70. The topological polar surface area (TPSA) is 127 Å². The lowest BCUT2D eigenvalue weighted by Gasteiger charge is -2.26. The molecule has 1 fully saturated rings. The van der Waals surface area contributed by atoms with Gasteiger partial charge >= 0.3 is 0 Å². The lowest BCUT2D eigenvalue weighted by Crippen LogP contribution is -2.40. The fraction of sp³-hybridized carbons (Fsp3) is 0.240. The third-order valence-electron chi connectivity index (χ3n) is 5.62. The lowest BCUT2D eigenvalue weighted by atomic mass is 10.1. The van der Waals surface area contributed by atoms with Crippen LogP contribution < -0.4 is 15.4 Å². The number of ether oxygens (including phenoxy) is 2. The molecule has 0 unspecified atom stereocenters. The minimum atomic E-state index is -3.82. The van der Waals surface area contributed by atoms with Crippen LogP contribution >= 0.6 is 0 Å². The standard InChI is InChI=1S/C25H26N4O6S/c1-34-23-9-8-19(36(32,33)29-11-13-35-14-12-29)15-21(23)25(31)28-22-7-3-2-6-20(22)24(30)27-17-18-5-4-10-26-16-18/h2-10,15-16H,11-14,17H2,1H3,(H,27,30)(H,28,31). The van der Waals surface area contributed by atoms with Crippen LogP contribution in [0.2, 0.25) is 0 Å². The number of morpholine rings is 1. The molecule has 2 heterocycles. The summed E-state index contributed by atoms with van der Waals surface area (Å²) in [7, 11) is -2.43. The van der Waals surface area contributed by atoms with Crippen molar-refractivity contribution < 1.29 is 27.5 Å². The highest BCUT2D eigenvalue weighted by Gasteiger charge is 2.28. The fourth-order valence-electron chi connectivity index (χ4n) is 3.72. The first-order chi connectivity index (χ1) is 17.4. The molecule has 0 aliphatic carbocycles. The van der Waals surface area contributed by atoms with E-state index < -0.39 is 15.9 Å². The van der Waals surface area contributed by atoms with E-state index in [1.54, 1.807) is 42.7 Å². The van der Waals surface area contributed by atoms with Crippen molar-refractivity contribution in [2.24, 2.45) is 0 Å². The molecule has 36 heavy (non-hydrogen) atoms.